The van der Waals surface area contributed by atoms with Crippen LogP contribution in [0.25, 0.3) is 10.9 Å². The number of nitrogens with one attached hydrogen (secondary N) is 1. The topological polar surface area (TPSA) is 45.3 Å². The quantitative estimate of drug-likeness (QED) is 0.509. The normalized spacial score (nSPS) is 11.9. The van der Waals surface area contributed by atoms with Crippen molar-refractivity contribution in [1.82, 2.24) is 9.88 Å². The van der Waals surface area contributed by atoms with Crippen LogP contribution in [-0.4, -0.2) is 29.4 Å². The molecule has 0 saturated heterocycles. The van der Waals surface area contributed by atoms with Crippen LogP contribution in [0.15, 0.2) is 85.1 Å². The summed E-state index contributed by atoms with van der Waals surface area (Å²) in [7, 11) is 1.77. The Morgan fingerprint density at radius 3 is 2.45 bits per heavy atom. The molecule has 29 heavy (non-hydrogen) atoms. The van der Waals surface area contributed by atoms with Gasteiger partial charge in [0, 0.05) is 29.7 Å². The fourth-order valence-corrected chi connectivity index (χ4v) is 3.49. The van der Waals surface area contributed by atoms with Gasteiger partial charge in [0.05, 0.1) is 6.04 Å². The predicted octanol–water partition coefficient (Wildman–Crippen LogP) is 4.93. The van der Waals surface area contributed by atoms with Crippen LogP contribution < -0.4 is 4.74 Å². The number of aromatic amines is 1. The highest BCUT2D eigenvalue weighted by Crippen LogP contribution is 2.33. The van der Waals surface area contributed by atoms with E-state index in [1.807, 2.05) is 60.8 Å². The van der Waals surface area contributed by atoms with Gasteiger partial charge in [-0.05, 0) is 35.9 Å². The van der Waals surface area contributed by atoms with E-state index in [-0.39, 0.29) is 24.4 Å². The van der Waals surface area contributed by atoms with E-state index in [9.17, 15) is 9.18 Å². The maximum atomic E-state index is 13.1. The third-order valence-electron chi connectivity index (χ3n) is 4.99. The van der Waals surface area contributed by atoms with E-state index in [0.717, 1.165) is 22.0 Å². The van der Waals surface area contributed by atoms with Crippen molar-refractivity contribution in [3.05, 3.63) is 102 Å². The lowest BCUT2D eigenvalue weighted by molar-refractivity contribution is -0.133. The summed E-state index contributed by atoms with van der Waals surface area (Å²) >= 11 is 0. The number of likely N-dealkylation sites (N-methyl/N-ethyl adjacent to an activating group) is 1. The highest BCUT2D eigenvalue weighted by Gasteiger charge is 2.26. The standard InChI is InChI=1S/C24H21FN2O2/c1-27(23(28)16-29-19-13-11-18(25)12-14-19)24(17-7-3-2-4-8-17)21-15-26-22-10-6-5-9-20(21)22/h2-15,24,26H,16H2,1H3/t24-/m1/s1. The Hall–Kier alpha value is -3.60. The zero-order chi connectivity index (χ0) is 20.2. The molecule has 4 aromatic rings. The Kier molecular flexibility index (Phi) is 5.29. The number of ether oxygens (including phenoxy) is 1. The molecular weight excluding hydrogens is 367 g/mol. The Balaban J connectivity index is 1.62. The number of hydrogen-bond acceptors (Lipinski definition) is 2. The summed E-state index contributed by atoms with van der Waals surface area (Å²) in [5.41, 5.74) is 3.05. The fraction of sp³-hybridized carbons (Fsp3) is 0.125. The number of benzene rings is 3. The van der Waals surface area contributed by atoms with Gasteiger partial charge < -0.3 is 14.6 Å². The predicted molar refractivity (Wildman–Crippen MR) is 111 cm³/mol. The van der Waals surface area contributed by atoms with Crippen molar-refractivity contribution in [2.24, 2.45) is 0 Å². The van der Waals surface area contributed by atoms with Gasteiger partial charge in [0.25, 0.3) is 5.91 Å². The monoisotopic (exact) mass is 388 g/mol. The van der Waals surface area contributed by atoms with Crippen molar-refractivity contribution in [1.29, 1.82) is 0 Å². The van der Waals surface area contributed by atoms with E-state index in [1.54, 1.807) is 11.9 Å². The van der Waals surface area contributed by atoms with Crippen LogP contribution >= 0.6 is 0 Å². The van der Waals surface area contributed by atoms with E-state index >= 15 is 0 Å². The average molecular weight is 388 g/mol. The molecule has 1 N–H and O–H groups in total. The summed E-state index contributed by atoms with van der Waals surface area (Å²) in [6, 6.07) is 23.3. The number of hydrogen-bond donors (Lipinski definition) is 1. The number of aromatic nitrogens is 1. The van der Waals surface area contributed by atoms with E-state index in [4.69, 9.17) is 4.74 Å². The molecule has 4 nitrogen and oxygen atoms in total. The summed E-state index contributed by atoms with van der Waals surface area (Å²) in [6.07, 6.45) is 1.95. The number of carbonyl (C=O) groups is 1. The van der Waals surface area contributed by atoms with Crippen LogP contribution in [-0.2, 0) is 4.79 Å². The first-order valence-electron chi connectivity index (χ1n) is 9.38. The molecule has 0 radical (unpaired) electrons. The van der Waals surface area contributed by atoms with Gasteiger partial charge in [-0.1, -0.05) is 48.5 Å². The molecule has 4 rings (SSSR count). The van der Waals surface area contributed by atoms with Crippen LogP contribution in [0.5, 0.6) is 5.75 Å². The van der Waals surface area contributed by atoms with Gasteiger partial charge >= 0.3 is 0 Å². The number of amides is 1. The summed E-state index contributed by atoms with van der Waals surface area (Å²) in [5, 5.41) is 1.07. The zero-order valence-corrected chi connectivity index (χ0v) is 16.0. The van der Waals surface area contributed by atoms with Crippen molar-refractivity contribution < 1.29 is 13.9 Å². The molecule has 1 heterocycles. The molecule has 0 unspecified atom stereocenters. The Labute approximate surface area is 168 Å². The summed E-state index contributed by atoms with van der Waals surface area (Å²) in [4.78, 5) is 17.9. The molecule has 1 aromatic heterocycles. The maximum absolute atomic E-state index is 13.1. The lowest BCUT2D eigenvalue weighted by Crippen LogP contribution is -2.35. The summed E-state index contributed by atoms with van der Waals surface area (Å²) < 4.78 is 18.6. The molecule has 0 aliphatic heterocycles. The lowest BCUT2D eigenvalue weighted by atomic mass is 9.97. The van der Waals surface area contributed by atoms with Crippen LogP contribution in [0, 0.1) is 5.82 Å². The highest BCUT2D eigenvalue weighted by atomic mass is 19.1. The number of carbonyl (C=O) groups excluding carboxylic acids is 1. The number of halogens is 1. The minimum Gasteiger partial charge on any atom is -0.484 e. The van der Waals surface area contributed by atoms with Gasteiger partial charge in [0.15, 0.2) is 6.61 Å². The molecule has 0 aliphatic carbocycles. The van der Waals surface area contributed by atoms with E-state index in [1.165, 1.54) is 24.3 Å². The molecular formula is C24H21FN2O2. The zero-order valence-electron chi connectivity index (χ0n) is 16.0. The lowest BCUT2D eigenvalue weighted by Gasteiger charge is -2.29. The van der Waals surface area contributed by atoms with Crippen molar-refractivity contribution in [2.45, 2.75) is 6.04 Å². The van der Waals surface area contributed by atoms with Crippen LogP contribution in [0.3, 0.4) is 0 Å². The van der Waals surface area contributed by atoms with Crippen molar-refractivity contribution >= 4 is 16.8 Å². The molecule has 1 amide bonds. The molecule has 3 aromatic carbocycles. The first kappa shape index (κ1) is 18.7. The Morgan fingerprint density at radius 1 is 1.00 bits per heavy atom. The van der Waals surface area contributed by atoms with Crippen molar-refractivity contribution in [3.8, 4) is 5.75 Å². The second-order valence-electron chi connectivity index (χ2n) is 6.85. The largest absolute Gasteiger partial charge is 0.484 e. The van der Waals surface area contributed by atoms with E-state index in [0.29, 0.717) is 5.75 Å². The summed E-state index contributed by atoms with van der Waals surface area (Å²) in [6.45, 7) is -0.131. The molecule has 0 fully saturated rings. The second-order valence-corrected chi connectivity index (χ2v) is 6.85. The number of H-pyrrole nitrogens is 1. The number of para-hydroxylation sites is 1. The molecule has 1 atom stereocenters. The van der Waals surface area contributed by atoms with Crippen molar-refractivity contribution in [2.75, 3.05) is 13.7 Å². The van der Waals surface area contributed by atoms with Crippen LogP contribution in [0.1, 0.15) is 17.2 Å². The SMILES string of the molecule is CN(C(=O)COc1ccc(F)cc1)[C@H](c1ccccc1)c1c[nH]c2ccccc12. The third-order valence-corrected chi connectivity index (χ3v) is 4.99. The van der Waals surface area contributed by atoms with Gasteiger partial charge in [-0.15, -0.1) is 0 Å². The average Bonchev–Trinajstić information content (AvgIpc) is 3.18. The first-order valence-corrected chi connectivity index (χ1v) is 9.38. The second kappa shape index (κ2) is 8.19. The Bertz CT molecular complexity index is 1110. The number of fused-ring (bicyclic) bond motifs is 1. The molecule has 0 aliphatic rings. The van der Waals surface area contributed by atoms with Gasteiger partial charge in [0.1, 0.15) is 11.6 Å². The Morgan fingerprint density at radius 2 is 1.69 bits per heavy atom. The number of nitrogens with zero attached hydrogens (tertiary/aromatic N) is 1. The maximum Gasteiger partial charge on any atom is 0.261 e. The van der Waals surface area contributed by atoms with E-state index in [2.05, 4.69) is 4.98 Å². The van der Waals surface area contributed by atoms with E-state index < -0.39 is 0 Å². The van der Waals surface area contributed by atoms with Gasteiger partial charge in [-0.2, -0.15) is 0 Å². The molecule has 0 saturated carbocycles. The molecule has 5 heteroatoms. The summed E-state index contributed by atoms with van der Waals surface area (Å²) in [5.74, 6) is -0.0609. The van der Waals surface area contributed by atoms with Gasteiger partial charge in [0.2, 0.25) is 0 Å². The number of rotatable bonds is 6. The molecule has 146 valence electrons. The first-order chi connectivity index (χ1) is 14.1. The highest BCUT2D eigenvalue weighted by molar-refractivity contribution is 5.85. The fourth-order valence-electron chi connectivity index (χ4n) is 3.49. The van der Waals surface area contributed by atoms with Gasteiger partial charge in [-0.25, -0.2) is 4.39 Å². The van der Waals surface area contributed by atoms with Gasteiger partial charge in [-0.3, -0.25) is 4.79 Å². The smallest absolute Gasteiger partial charge is 0.261 e. The minimum atomic E-state index is -0.343. The molecule has 0 spiro atoms. The minimum absolute atomic E-state index is 0.131. The third kappa shape index (κ3) is 3.99. The van der Waals surface area contributed by atoms with Crippen LogP contribution in [0.4, 0.5) is 4.39 Å². The van der Waals surface area contributed by atoms with Crippen LogP contribution in [0.2, 0.25) is 0 Å². The molecule has 0 bridgehead atoms. The van der Waals surface area contributed by atoms with Crippen molar-refractivity contribution in [3.63, 3.8) is 0 Å².